The molecule has 2 heterocycles. The van der Waals surface area contributed by atoms with Crippen molar-refractivity contribution in [2.24, 2.45) is 5.10 Å². The number of esters is 1. The molecule has 0 unspecified atom stereocenters. The Hall–Kier alpha value is -3.45. The number of hydrogen-bond donors (Lipinski definition) is 1. The highest BCUT2D eigenvalue weighted by atomic mass is 32.1. The number of benzene rings is 2. The normalized spacial score (nSPS) is 12.2. The lowest BCUT2D eigenvalue weighted by atomic mass is 9.86. The maximum Gasteiger partial charge on any atom is 0.350 e. The van der Waals surface area contributed by atoms with Crippen LogP contribution in [-0.4, -0.2) is 18.1 Å². The summed E-state index contributed by atoms with van der Waals surface area (Å²) in [6, 6.07) is 16.4. The quantitative estimate of drug-likeness (QED) is 0.290. The van der Waals surface area contributed by atoms with E-state index in [0.29, 0.717) is 15.7 Å². The van der Waals surface area contributed by atoms with E-state index in [1.807, 2.05) is 31.2 Å². The molecule has 0 spiro atoms. The molecular weight excluding hydrogens is 434 g/mol. The molecule has 170 valence electrons. The van der Waals surface area contributed by atoms with E-state index >= 15 is 0 Å². The number of nitrogens with one attached hydrogen (secondary N) is 1. The lowest BCUT2D eigenvalue weighted by Gasteiger charge is -2.19. The zero-order chi connectivity index (χ0) is 23.8. The summed E-state index contributed by atoms with van der Waals surface area (Å²) in [6.07, 6.45) is 0. The molecule has 0 radical (unpaired) electrons. The lowest BCUT2D eigenvalue weighted by Crippen LogP contribution is -2.10. The fourth-order valence-electron chi connectivity index (χ4n) is 3.48. The van der Waals surface area contributed by atoms with Crippen molar-refractivity contribution in [1.82, 2.24) is 4.98 Å². The summed E-state index contributed by atoms with van der Waals surface area (Å²) in [7, 11) is 1.36. The molecule has 0 aliphatic carbocycles. The van der Waals surface area contributed by atoms with Gasteiger partial charge in [0.2, 0.25) is 5.13 Å². The highest BCUT2D eigenvalue weighted by Crippen LogP contribution is 2.28. The summed E-state index contributed by atoms with van der Waals surface area (Å²) >= 11 is 1.21. The Balaban J connectivity index is 1.78. The summed E-state index contributed by atoms with van der Waals surface area (Å²) in [5, 5.41) is 6.72. The van der Waals surface area contributed by atoms with Gasteiger partial charge in [0.05, 0.1) is 18.2 Å². The number of carbonyl (C=O) groups excluding carboxylic acids is 1. The van der Waals surface area contributed by atoms with Crippen molar-refractivity contribution in [3.63, 3.8) is 0 Å². The van der Waals surface area contributed by atoms with Crippen molar-refractivity contribution in [1.29, 1.82) is 0 Å². The van der Waals surface area contributed by atoms with Crippen molar-refractivity contribution in [3.8, 4) is 11.3 Å². The van der Waals surface area contributed by atoms with Crippen LogP contribution in [-0.2, 0) is 10.2 Å². The molecule has 1 N–H and O–H groups in total. The summed E-state index contributed by atoms with van der Waals surface area (Å²) in [5.74, 6) is 0.318. The van der Waals surface area contributed by atoms with Gasteiger partial charge >= 0.3 is 5.97 Å². The van der Waals surface area contributed by atoms with Gasteiger partial charge in [0.25, 0.3) is 0 Å². The standard InChI is InChI=1S/C26H27N3O3S/c1-15-7-12-19-20(28-29-25-27-16(2)23(33-25)24(30)31-6)14-21(32-22(19)13-15)17-8-10-18(11-9-17)26(3,4)5/h7-14H,1-6H3,(H,27,29)/b28-20+. The first-order valence-electron chi connectivity index (χ1n) is 10.7. The average Bonchev–Trinajstić information content (AvgIpc) is 3.16. The van der Waals surface area contributed by atoms with Gasteiger partial charge in [0, 0.05) is 17.0 Å². The Bertz CT molecular complexity index is 1390. The minimum absolute atomic E-state index is 0.0788. The van der Waals surface area contributed by atoms with E-state index in [2.05, 4.69) is 60.5 Å². The summed E-state index contributed by atoms with van der Waals surface area (Å²) < 4.78 is 11.1. The Labute approximate surface area is 197 Å². The van der Waals surface area contributed by atoms with E-state index in [1.165, 1.54) is 24.0 Å². The number of nitrogens with zero attached hydrogens (tertiary/aromatic N) is 2. The van der Waals surface area contributed by atoms with Crippen molar-refractivity contribution >= 4 is 33.4 Å². The van der Waals surface area contributed by atoms with Crippen molar-refractivity contribution in [3.05, 3.63) is 75.6 Å². The predicted molar refractivity (Wildman–Crippen MR) is 132 cm³/mol. The number of aromatic nitrogens is 1. The van der Waals surface area contributed by atoms with Crippen molar-refractivity contribution in [2.45, 2.75) is 40.0 Å². The van der Waals surface area contributed by atoms with Gasteiger partial charge < -0.3 is 9.15 Å². The van der Waals surface area contributed by atoms with E-state index < -0.39 is 5.97 Å². The van der Waals surface area contributed by atoms with Crippen LogP contribution in [0.3, 0.4) is 0 Å². The fraction of sp³-hybridized carbons (Fsp3) is 0.269. The Kier molecular flexibility index (Phi) is 6.08. The molecule has 4 aromatic rings. The van der Waals surface area contributed by atoms with Crippen LogP contribution >= 0.6 is 11.3 Å². The molecule has 0 aliphatic heterocycles. The maximum atomic E-state index is 11.9. The SMILES string of the molecule is COC(=O)c1sc(N/N=c2\cc(-c3ccc(C(C)(C)C)cc3)oc3cc(C)ccc23)nc1C. The number of methoxy groups -OCH3 is 1. The minimum Gasteiger partial charge on any atom is -0.465 e. The molecule has 0 aliphatic rings. The average molecular weight is 462 g/mol. The molecule has 33 heavy (non-hydrogen) atoms. The van der Waals surface area contributed by atoms with Crippen LogP contribution in [0.15, 0.2) is 58.0 Å². The summed E-state index contributed by atoms with van der Waals surface area (Å²) in [5.41, 5.74) is 7.76. The van der Waals surface area contributed by atoms with Gasteiger partial charge in [-0.3, -0.25) is 5.43 Å². The van der Waals surface area contributed by atoms with Crippen LogP contribution in [0.5, 0.6) is 0 Å². The number of ether oxygens (including phenoxy) is 1. The van der Waals surface area contributed by atoms with E-state index in [9.17, 15) is 4.79 Å². The number of aryl methyl sites for hydroxylation is 2. The smallest absolute Gasteiger partial charge is 0.350 e. The Morgan fingerprint density at radius 2 is 1.82 bits per heavy atom. The first-order chi connectivity index (χ1) is 15.7. The third-order valence-electron chi connectivity index (χ3n) is 5.38. The number of thiazole rings is 1. The van der Waals surface area contributed by atoms with Crippen molar-refractivity contribution in [2.75, 3.05) is 12.5 Å². The van der Waals surface area contributed by atoms with E-state index in [1.54, 1.807) is 6.92 Å². The second-order valence-electron chi connectivity index (χ2n) is 8.97. The van der Waals surface area contributed by atoms with Gasteiger partial charge in [-0.2, -0.15) is 5.10 Å². The molecule has 2 aromatic carbocycles. The molecule has 0 saturated heterocycles. The van der Waals surface area contributed by atoms with Gasteiger partial charge in [-0.1, -0.05) is 62.4 Å². The molecule has 2 aromatic heterocycles. The Morgan fingerprint density at radius 1 is 1.09 bits per heavy atom. The van der Waals surface area contributed by atoms with E-state index in [0.717, 1.165) is 33.2 Å². The molecule has 0 bridgehead atoms. The molecule has 7 heteroatoms. The van der Waals surface area contributed by atoms with Crippen LogP contribution in [0.1, 0.15) is 47.3 Å². The van der Waals surface area contributed by atoms with Crippen LogP contribution in [0.25, 0.3) is 22.3 Å². The van der Waals surface area contributed by atoms with Crippen LogP contribution in [0.2, 0.25) is 0 Å². The summed E-state index contributed by atoms with van der Waals surface area (Å²) in [6.45, 7) is 10.4. The second-order valence-corrected chi connectivity index (χ2v) is 9.97. The largest absolute Gasteiger partial charge is 0.465 e. The van der Waals surface area contributed by atoms with Crippen LogP contribution < -0.4 is 10.8 Å². The third kappa shape index (κ3) is 4.83. The topological polar surface area (TPSA) is 76.7 Å². The number of carbonyl (C=O) groups is 1. The second kappa shape index (κ2) is 8.83. The first kappa shape index (κ1) is 22.7. The fourth-order valence-corrected chi connectivity index (χ4v) is 4.31. The molecular formula is C26H27N3O3S. The van der Waals surface area contributed by atoms with E-state index in [4.69, 9.17) is 9.15 Å². The van der Waals surface area contributed by atoms with Gasteiger partial charge in [-0.25, -0.2) is 9.78 Å². The molecule has 0 saturated carbocycles. The van der Waals surface area contributed by atoms with Gasteiger partial charge in [0.1, 0.15) is 16.2 Å². The highest BCUT2D eigenvalue weighted by molar-refractivity contribution is 7.17. The number of fused-ring (bicyclic) bond motifs is 1. The zero-order valence-electron chi connectivity index (χ0n) is 19.6. The molecule has 0 amide bonds. The molecule has 6 nitrogen and oxygen atoms in total. The molecule has 0 atom stereocenters. The lowest BCUT2D eigenvalue weighted by molar-refractivity contribution is 0.0605. The van der Waals surface area contributed by atoms with Gasteiger partial charge in [0.15, 0.2) is 0 Å². The minimum atomic E-state index is -0.404. The highest BCUT2D eigenvalue weighted by Gasteiger charge is 2.16. The molecule has 4 rings (SSSR count). The van der Waals surface area contributed by atoms with Crippen LogP contribution in [0.4, 0.5) is 5.13 Å². The Morgan fingerprint density at radius 3 is 2.48 bits per heavy atom. The zero-order valence-corrected chi connectivity index (χ0v) is 20.5. The number of rotatable bonds is 4. The number of hydrogen-bond acceptors (Lipinski definition) is 7. The van der Waals surface area contributed by atoms with E-state index in [-0.39, 0.29) is 5.41 Å². The van der Waals surface area contributed by atoms with Gasteiger partial charge in [-0.05, 0) is 42.5 Å². The molecule has 0 fully saturated rings. The summed E-state index contributed by atoms with van der Waals surface area (Å²) in [4.78, 5) is 16.7. The number of anilines is 1. The maximum absolute atomic E-state index is 11.9. The van der Waals surface area contributed by atoms with Gasteiger partial charge in [-0.15, -0.1) is 0 Å². The first-order valence-corrected chi connectivity index (χ1v) is 11.5. The third-order valence-corrected chi connectivity index (χ3v) is 6.42. The monoisotopic (exact) mass is 461 g/mol. The predicted octanol–water partition coefficient (Wildman–Crippen LogP) is 6.19. The van der Waals surface area contributed by atoms with Crippen LogP contribution in [0, 0.1) is 13.8 Å². The van der Waals surface area contributed by atoms with Crippen molar-refractivity contribution < 1.29 is 13.9 Å².